The number of fused-ring (bicyclic) bond motifs is 1. The van der Waals surface area contributed by atoms with Crippen LogP contribution in [0.4, 0.5) is 5.69 Å². The van der Waals surface area contributed by atoms with Crippen LogP contribution in [0.15, 0.2) is 54.6 Å². The van der Waals surface area contributed by atoms with Crippen LogP contribution in [0.5, 0.6) is 11.5 Å². The number of anilines is 1. The van der Waals surface area contributed by atoms with E-state index in [2.05, 4.69) is 0 Å². The number of benzene rings is 2. The molecular weight excluding hydrogens is 348 g/mol. The molecule has 1 aliphatic heterocycles. The van der Waals surface area contributed by atoms with E-state index in [4.69, 9.17) is 19.5 Å². The highest BCUT2D eigenvalue weighted by Gasteiger charge is 2.29. The van der Waals surface area contributed by atoms with Crippen LogP contribution < -0.4 is 14.4 Å². The van der Waals surface area contributed by atoms with Gasteiger partial charge in [0.05, 0.1) is 12.5 Å². The van der Waals surface area contributed by atoms with Crippen LogP contribution in [0.1, 0.15) is 6.42 Å². The highest BCUT2D eigenvalue weighted by Crippen LogP contribution is 2.31. The molecule has 0 saturated carbocycles. The summed E-state index contributed by atoms with van der Waals surface area (Å²) < 4.78 is 16.2. The lowest BCUT2D eigenvalue weighted by Gasteiger charge is -2.25. The topological polar surface area (TPSA) is 88.9 Å². The van der Waals surface area contributed by atoms with Gasteiger partial charge in [0.15, 0.2) is 18.1 Å². The molecule has 0 spiro atoms. The number of carbonyl (C=O) groups is 2. The quantitative estimate of drug-likeness (QED) is 0.729. The van der Waals surface area contributed by atoms with Crippen LogP contribution in [0, 0.1) is 11.3 Å². The number of hydrogen-bond acceptors (Lipinski definition) is 6. The number of esters is 1. The Morgan fingerprint density at radius 1 is 1.11 bits per heavy atom. The lowest BCUT2D eigenvalue weighted by atomic mass is 10.2. The third kappa shape index (κ3) is 4.55. The third-order valence-corrected chi connectivity index (χ3v) is 3.93. The summed E-state index contributed by atoms with van der Waals surface area (Å²) >= 11 is 0. The Morgan fingerprint density at radius 3 is 2.56 bits per heavy atom. The summed E-state index contributed by atoms with van der Waals surface area (Å²) in [6, 6.07) is 17.9. The summed E-state index contributed by atoms with van der Waals surface area (Å²) in [7, 11) is 0. The number of rotatable bonds is 6. The number of carbonyl (C=O) groups excluding carboxylic acids is 2. The molecule has 1 aliphatic rings. The smallest absolute Gasteiger partial charge is 0.351 e. The van der Waals surface area contributed by atoms with Crippen LogP contribution in [-0.4, -0.2) is 37.7 Å². The number of nitrogens with zero attached hydrogens (tertiary/aromatic N) is 2. The van der Waals surface area contributed by atoms with Crippen LogP contribution in [0.3, 0.4) is 0 Å². The minimum absolute atomic E-state index is 0.0148. The number of nitriles is 1. The van der Waals surface area contributed by atoms with Crippen molar-refractivity contribution in [1.29, 1.82) is 5.26 Å². The Labute approximate surface area is 156 Å². The van der Waals surface area contributed by atoms with Crippen molar-refractivity contribution in [2.75, 3.05) is 24.7 Å². The van der Waals surface area contributed by atoms with E-state index in [1.54, 1.807) is 48.5 Å². The molecule has 138 valence electrons. The van der Waals surface area contributed by atoms with Crippen molar-refractivity contribution in [2.24, 2.45) is 0 Å². The first kappa shape index (κ1) is 18.3. The second-order valence-electron chi connectivity index (χ2n) is 5.76. The molecule has 0 aromatic heterocycles. The van der Waals surface area contributed by atoms with Gasteiger partial charge in [-0.25, -0.2) is 4.79 Å². The average Bonchev–Trinajstić information content (AvgIpc) is 2.72. The van der Waals surface area contributed by atoms with E-state index in [0.717, 1.165) is 0 Å². The van der Waals surface area contributed by atoms with Gasteiger partial charge in [-0.05, 0) is 24.3 Å². The van der Waals surface area contributed by atoms with E-state index < -0.39 is 24.6 Å². The van der Waals surface area contributed by atoms with Gasteiger partial charge in [-0.3, -0.25) is 4.79 Å². The largest absolute Gasteiger partial charge is 0.485 e. The van der Waals surface area contributed by atoms with Crippen LogP contribution in [0.25, 0.3) is 0 Å². The normalized spacial score (nSPS) is 14.7. The van der Waals surface area contributed by atoms with Gasteiger partial charge in [-0.1, -0.05) is 30.3 Å². The highest BCUT2D eigenvalue weighted by molar-refractivity contribution is 5.95. The van der Waals surface area contributed by atoms with Gasteiger partial charge in [0.2, 0.25) is 6.10 Å². The second-order valence-corrected chi connectivity index (χ2v) is 5.76. The molecule has 0 bridgehead atoms. The zero-order valence-electron chi connectivity index (χ0n) is 14.5. The van der Waals surface area contributed by atoms with Crippen molar-refractivity contribution in [3.05, 3.63) is 54.6 Å². The standard InChI is InChI=1S/C20H18N2O5/c21-11-6-12-22(15-7-2-1-3-8-15)19(23)14-26-20(24)18-13-25-16-9-4-5-10-17(16)27-18/h1-5,7-10,18H,6,12-14H2/t18-/m1/s1. The number of para-hydroxylation sites is 3. The molecule has 0 radical (unpaired) electrons. The Kier molecular flexibility index (Phi) is 5.90. The molecule has 3 rings (SSSR count). The Morgan fingerprint density at radius 2 is 1.81 bits per heavy atom. The summed E-state index contributed by atoms with van der Waals surface area (Å²) in [5.74, 6) is -0.0746. The fraction of sp³-hybridized carbons (Fsp3) is 0.250. The van der Waals surface area contributed by atoms with E-state index in [-0.39, 0.29) is 19.6 Å². The van der Waals surface area contributed by atoms with E-state index in [1.165, 1.54) is 4.90 Å². The highest BCUT2D eigenvalue weighted by atomic mass is 16.6. The van der Waals surface area contributed by atoms with E-state index in [0.29, 0.717) is 17.2 Å². The number of ether oxygens (including phenoxy) is 3. The predicted octanol–water partition coefficient (Wildman–Crippen LogP) is 2.32. The van der Waals surface area contributed by atoms with Gasteiger partial charge < -0.3 is 19.1 Å². The van der Waals surface area contributed by atoms with Crippen LogP contribution in [0.2, 0.25) is 0 Å². The van der Waals surface area contributed by atoms with Crippen LogP contribution in [-0.2, 0) is 14.3 Å². The zero-order chi connectivity index (χ0) is 19.1. The maximum absolute atomic E-state index is 12.5. The lowest BCUT2D eigenvalue weighted by molar-refractivity contribution is -0.157. The molecule has 0 fully saturated rings. The number of amides is 1. The molecular formula is C20H18N2O5. The van der Waals surface area contributed by atoms with Crippen molar-refractivity contribution >= 4 is 17.6 Å². The van der Waals surface area contributed by atoms with E-state index in [1.807, 2.05) is 12.1 Å². The summed E-state index contributed by atoms with van der Waals surface area (Å²) in [5.41, 5.74) is 0.639. The number of hydrogen-bond donors (Lipinski definition) is 0. The first-order valence-electron chi connectivity index (χ1n) is 8.46. The van der Waals surface area contributed by atoms with E-state index >= 15 is 0 Å². The minimum atomic E-state index is -0.933. The van der Waals surface area contributed by atoms with E-state index in [9.17, 15) is 9.59 Å². The minimum Gasteiger partial charge on any atom is -0.485 e. The van der Waals surface area contributed by atoms with Gasteiger partial charge in [0.1, 0.15) is 6.61 Å². The fourth-order valence-corrected chi connectivity index (χ4v) is 2.61. The Hall–Kier alpha value is -3.53. The first-order chi connectivity index (χ1) is 13.2. The molecule has 0 saturated heterocycles. The molecule has 1 heterocycles. The molecule has 1 atom stereocenters. The molecule has 7 nitrogen and oxygen atoms in total. The summed E-state index contributed by atoms with van der Waals surface area (Å²) in [6.07, 6.45) is -0.762. The summed E-state index contributed by atoms with van der Waals surface area (Å²) in [5, 5.41) is 8.81. The maximum atomic E-state index is 12.5. The van der Waals surface area contributed by atoms with Gasteiger partial charge in [0.25, 0.3) is 5.91 Å². The molecule has 7 heteroatoms. The van der Waals surface area contributed by atoms with Gasteiger partial charge in [-0.15, -0.1) is 0 Å². The summed E-state index contributed by atoms with van der Waals surface area (Å²) in [6.45, 7) is -0.213. The second kappa shape index (κ2) is 8.72. The van der Waals surface area contributed by atoms with Crippen molar-refractivity contribution in [3.63, 3.8) is 0 Å². The summed E-state index contributed by atoms with van der Waals surface area (Å²) in [4.78, 5) is 26.2. The lowest BCUT2D eigenvalue weighted by Crippen LogP contribution is -2.41. The monoisotopic (exact) mass is 366 g/mol. The molecule has 0 aliphatic carbocycles. The molecule has 2 aromatic rings. The fourth-order valence-electron chi connectivity index (χ4n) is 2.61. The van der Waals surface area contributed by atoms with Crippen molar-refractivity contribution < 1.29 is 23.8 Å². The predicted molar refractivity (Wildman–Crippen MR) is 96.3 cm³/mol. The molecule has 27 heavy (non-hydrogen) atoms. The van der Waals surface area contributed by atoms with Crippen molar-refractivity contribution in [3.8, 4) is 17.6 Å². The SMILES string of the molecule is N#CCCN(C(=O)COC(=O)[C@H]1COc2ccccc2O1)c1ccccc1. The Balaban J connectivity index is 1.58. The van der Waals surface area contributed by atoms with Crippen molar-refractivity contribution in [2.45, 2.75) is 12.5 Å². The van der Waals surface area contributed by atoms with Gasteiger partial charge in [-0.2, -0.15) is 5.26 Å². The third-order valence-electron chi connectivity index (χ3n) is 3.93. The molecule has 0 N–H and O–H groups in total. The maximum Gasteiger partial charge on any atom is 0.351 e. The molecule has 1 amide bonds. The van der Waals surface area contributed by atoms with Gasteiger partial charge in [0, 0.05) is 12.2 Å². The van der Waals surface area contributed by atoms with Gasteiger partial charge >= 0.3 is 5.97 Å². The first-order valence-corrected chi connectivity index (χ1v) is 8.46. The average molecular weight is 366 g/mol. The molecule has 0 unspecified atom stereocenters. The van der Waals surface area contributed by atoms with Crippen LogP contribution >= 0.6 is 0 Å². The molecule has 2 aromatic carbocycles. The zero-order valence-corrected chi connectivity index (χ0v) is 14.5. The Bertz CT molecular complexity index is 847. The van der Waals surface area contributed by atoms with Crippen molar-refractivity contribution in [1.82, 2.24) is 0 Å².